The highest BCUT2D eigenvalue weighted by molar-refractivity contribution is 8.26. The van der Waals surface area contributed by atoms with Crippen LogP contribution in [0.2, 0.25) is 0 Å². The zero-order chi connectivity index (χ0) is 21.8. The Bertz CT molecular complexity index is 1150. The van der Waals surface area contributed by atoms with E-state index in [4.69, 9.17) is 22.1 Å². The lowest BCUT2D eigenvalue weighted by Crippen LogP contribution is -2.27. The molecule has 2 heterocycles. The first-order chi connectivity index (χ1) is 15.1. The van der Waals surface area contributed by atoms with Gasteiger partial charge >= 0.3 is 0 Å². The molecule has 0 saturated carbocycles. The van der Waals surface area contributed by atoms with Crippen LogP contribution in [0.4, 0.5) is 0 Å². The van der Waals surface area contributed by atoms with Gasteiger partial charge in [-0.3, -0.25) is 9.69 Å². The Morgan fingerprint density at radius 2 is 1.90 bits per heavy atom. The van der Waals surface area contributed by atoms with Gasteiger partial charge in [0.25, 0.3) is 5.91 Å². The monoisotopic (exact) mass is 447 g/mol. The summed E-state index contributed by atoms with van der Waals surface area (Å²) in [6.07, 6.45) is 5.47. The fourth-order valence-electron chi connectivity index (χ4n) is 3.23. The van der Waals surface area contributed by atoms with Crippen molar-refractivity contribution in [2.75, 3.05) is 13.2 Å². The number of carbonyl (C=O) groups is 1. The van der Waals surface area contributed by atoms with Crippen molar-refractivity contribution in [3.63, 3.8) is 0 Å². The Morgan fingerprint density at radius 3 is 2.58 bits per heavy atom. The predicted octanol–water partition coefficient (Wildman–Crippen LogP) is 5.33. The van der Waals surface area contributed by atoms with Crippen molar-refractivity contribution in [2.24, 2.45) is 0 Å². The van der Waals surface area contributed by atoms with Crippen LogP contribution in [0, 0.1) is 0 Å². The average molecular weight is 448 g/mol. The van der Waals surface area contributed by atoms with Crippen molar-refractivity contribution in [2.45, 2.75) is 6.92 Å². The lowest BCUT2D eigenvalue weighted by molar-refractivity contribution is -0.121. The van der Waals surface area contributed by atoms with Gasteiger partial charge in [0.15, 0.2) is 0 Å². The Morgan fingerprint density at radius 1 is 1.16 bits per heavy atom. The number of para-hydroxylation sites is 1. The largest absolute Gasteiger partial charge is 0.494 e. The van der Waals surface area contributed by atoms with E-state index < -0.39 is 0 Å². The molecule has 156 valence electrons. The van der Waals surface area contributed by atoms with E-state index in [1.165, 1.54) is 11.8 Å². The van der Waals surface area contributed by atoms with Crippen LogP contribution in [0.5, 0.6) is 5.75 Å². The number of nitrogens with zero attached hydrogens (tertiary/aromatic N) is 3. The SMILES string of the molecule is C=CCN1C(=O)/C(=C/c2cn(-c3ccccc3)nc2-c2ccc(OCC)cc2)SC1=S. The second-order valence-corrected chi connectivity index (χ2v) is 8.43. The zero-order valence-corrected chi connectivity index (χ0v) is 18.7. The van der Waals surface area contributed by atoms with E-state index in [9.17, 15) is 4.79 Å². The lowest BCUT2D eigenvalue weighted by atomic mass is 10.1. The standard InChI is InChI=1S/C24H21N3O2S2/c1-3-14-26-23(28)21(31-24(26)30)15-18-16-27(19-8-6-5-7-9-19)25-22(18)17-10-12-20(13-11-17)29-4-2/h3,5-13,15-16H,1,4,14H2,2H3/b21-15-. The number of rotatable bonds is 7. The van der Waals surface area contributed by atoms with Crippen molar-refractivity contribution >= 4 is 40.3 Å². The molecule has 0 bridgehead atoms. The number of hydrogen-bond donors (Lipinski definition) is 0. The van der Waals surface area contributed by atoms with Crippen molar-refractivity contribution in [3.05, 3.63) is 83.9 Å². The van der Waals surface area contributed by atoms with Crippen LogP contribution in [0.3, 0.4) is 0 Å². The Hall–Kier alpha value is -3.16. The van der Waals surface area contributed by atoms with Gasteiger partial charge in [0.05, 0.1) is 22.9 Å². The number of thiocarbonyl (C=S) groups is 1. The van der Waals surface area contributed by atoms with E-state index in [0.717, 1.165) is 28.3 Å². The van der Waals surface area contributed by atoms with Gasteiger partial charge in [-0.25, -0.2) is 4.68 Å². The number of ether oxygens (including phenoxy) is 1. The molecule has 4 rings (SSSR count). The van der Waals surface area contributed by atoms with E-state index in [1.54, 1.807) is 11.0 Å². The van der Waals surface area contributed by atoms with Crippen LogP contribution in [0.15, 0.2) is 78.4 Å². The summed E-state index contributed by atoms with van der Waals surface area (Å²) in [5.74, 6) is 0.695. The maximum atomic E-state index is 12.8. The first-order valence-corrected chi connectivity index (χ1v) is 11.1. The lowest BCUT2D eigenvalue weighted by Gasteiger charge is -2.10. The third-order valence-electron chi connectivity index (χ3n) is 4.67. The van der Waals surface area contributed by atoms with Crippen molar-refractivity contribution < 1.29 is 9.53 Å². The van der Waals surface area contributed by atoms with Crippen LogP contribution >= 0.6 is 24.0 Å². The number of hydrogen-bond acceptors (Lipinski definition) is 5. The van der Waals surface area contributed by atoms with Gasteiger partial charge in [-0.15, -0.1) is 6.58 Å². The molecule has 7 heteroatoms. The summed E-state index contributed by atoms with van der Waals surface area (Å²) in [5, 5.41) is 4.82. The Labute approximate surface area is 191 Å². The molecule has 0 aliphatic carbocycles. The first-order valence-electron chi connectivity index (χ1n) is 9.85. The molecule has 1 aliphatic rings. The van der Waals surface area contributed by atoms with Gasteiger partial charge in [0, 0.05) is 23.9 Å². The quantitative estimate of drug-likeness (QED) is 0.278. The van der Waals surface area contributed by atoms with Crippen LogP contribution in [-0.4, -0.2) is 38.1 Å². The van der Waals surface area contributed by atoms with Gasteiger partial charge < -0.3 is 4.74 Å². The number of aromatic nitrogens is 2. The molecule has 0 N–H and O–H groups in total. The maximum Gasteiger partial charge on any atom is 0.266 e. The minimum absolute atomic E-state index is 0.111. The summed E-state index contributed by atoms with van der Waals surface area (Å²) >= 11 is 6.67. The van der Waals surface area contributed by atoms with Crippen molar-refractivity contribution in [3.8, 4) is 22.7 Å². The molecular weight excluding hydrogens is 426 g/mol. The third-order valence-corrected chi connectivity index (χ3v) is 6.05. The molecule has 1 amide bonds. The summed E-state index contributed by atoms with van der Waals surface area (Å²) in [5.41, 5.74) is 3.49. The minimum atomic E-state index is -0.111. The second kappa shape index (κ2) is 9.32. The molecule has 1 aromatic heterocycles. The molecule has 0 atom stereocenters. The molecule has 31 heavy (non-hydrogen) atoms. The summed E-state index contributed by atoms with van der Waals surface area (Å²) in [6.45, 7) is 6.67. The highest BCUT2D eigenvalue weighted by Crippen LogP contribution is 2.35. The van der Waals surface area contributed by atoms with E-state index in [1.807, 2.05) is 78.5 Å². The molecule has 0 radical (unpaired) electrons. The molecule has 1 fully saturated rings. The highest BCUT2D eigenvalue weighted by atomic mass is 32.2. The fourth-order valence-corrected chi connectivity index (χ4v) is 4.50. The molecule has 0 unspecified atom stereocenters. The summed E-state index contributed by atoms with van der Waals surface area (Å²) in [6, 6.07) is 17.7. The van der Waals surface area contributed by atoms with Gasteiger partial charge in [-0.05, 0) is 49.4 Å². The third kappa shape index (κ3) is 4.47. The van der Waals surface area contributed by atoms with Gasteiger partial charge in [0.1, 0.15) is 10.1 Å². The number of benzene rings is 2. The number of amides is 1. The van der Waals surface area contributed by atoms with Gasteiger partial charge in [-0.2, -0.15) is 5.10 Å². The minimum Gasteiger partial charge on any atom is -0.494 e. The summed E-state index contributed by atoms with van der Waals surface area (Å²) < 4.78 is 7.91. The molecule has 3 aromatic rings. The Balaban J connectivity index is 1.77. The normalized spacial score (nSPS) is 15.0. The van der Waals surface area contributed by atoms with Crippen LogP contribution < -0.4 is 4.74 Å². The summed E-state index contributed by atoms with van der Waals surface area (Å²) in [7, 11) is 0. The second-order valence-electron chi connectivity index (χ2n) is 6.75. The van der Waals surface area contributed by atoms with Crippen LogP contribution in [0.25, 0.3) is 23.0 Å². The Kier molecular flexibility index (Phi) is 6.34. The van der Waals surface area contributed by atoms with E-state index in [0.29, 0.717) is 22.4 Å². The van der Waals surface area contributed by atoms with E-state index in [2.05, 4.69) is 6.58 Å². The van der Waals surface area contributed by atoms with Crippen LogP contribution in [-0.2, 0) is 4.79 Å². The first kappa shape index (κ1) is 21.1. The van der Waals surface area contributed by atoms with Crippen molar-refractivity contribution in [1.82, 2.24) is 14.7 Å². The topological polar surface area (TPSA) is 47.4 Å². The predicted molar refractivity (Wildman–Crippen MR) is 130 cm³/mol. The molecular formula is C24H21N3O2S2. The van der Waals surface area contributed by atoms with Gasteiger partial charge in [-0.1, -0.05) is 48.3 Å². The molecule has 5 nitrogen and oxygen atoms in total. The highest BCUT2D eigenvalue weighted by Gasteiger charge is 2.31. The molecule has 1 saturated heterocycles. The summed E-state index contributed by atoms with van der Waals surface area (Å²) in [4.78, 5) is 14.9. The fraction of sp³-hybridized carbons (Fsp3) is 0.125. The van der Waals surface area contributed by atoms with Crippen LogP contribution in [0.1, 0.15) is 12.5 Å². The van der Waals surface area contributed by atoms with E-state index in [-0.39, 0.29) is 5.91 Å². The number of carbonyl (C=O) groups excluding carboxylic acids is 1. The molecule has 1 aliphatic heterocycles. The number of thioether (sulfide) groups is 1. The molecule has 0 spiro atoms. The maximum absolute atomic E-state index is 12.8. The molecule has 2 aromatic carbocycles. The van der Waals surface area contributed by atoms with Crippen molar-refractivity contribution in [1.29, 1.82) is 0 Å². The zero-order valence-electron chi connectivity index (χ0n) is 17.0. The average Bonchev–Trinajstić information content (AvgIpc) is 3.32. The smallest absolute Gasteiger partial charge is 0.266 e. The van der Waals surface area contributed by atoms with E-state index >= 15 is 0 Å². The van der Waals surface area contributed by atoms with Gasteiger partial charge in [0.2, 0.25) is 0 Å².